The molecule has 0 saturated heterocycles. The molecule has 6 aromatic carbocycles. The van der Waals surface area contributed by atoms with Crippen molar-refractivity contribution in [1.82, 2.24) is 0 Å². The smallest absolute Gasteiger partial charge is 0.0713 e. The molecule has 38 heavy (non-hydrogen) atoms. The summed E-state index contributed by atoms with van der Waals surface area (Å²) in [5.74, 6) is 0. The second-order valence-electron chi connectivity index (χ2n) is 9.85. The van der Waals surface area contributed by atoms with Crippen molar-refractivity contribution in [2.45, 2.75) is 5.41 Å². The molecule has 0 N–H and O–H groups in total. The summed E-state index contributed by atoms with van der Waals surface area (Å²) in [6.07, 6.45) is 0. The fourth-order valence-electron chi connectivity index (χ4n) is 6.19. The summed E-state index contributed by atoms with van der Waals surface area (Å²) in [7, 11) is 0. The van der Waals surface area contributed by atoms with Crippen LogP contribution in [0.2, 0.25) is 5.02 Å². The highest BCUT2D eigenvalue weighted by molar-refractivity contribution is 6.33. The van der Waals surface area contributed by atoms with Crippen LogP contribution in [0.1, 0.15) is 22.3 Å². The zero-order valence-corrected chi connectivity index (χ0v) is 21.6. The predicted octanol–water partition coefficient (Wildman–Crippen LogP) is 10.0. The van der Waals surface area contributed by atoms with Gasteiger partial charge in [0.25, 0.3) is 0 Å². The lowest BCUT2D eigenvalue weighted by Gasteiger charge is -2.34. The fourth-order valence-corrected chi connectivity index (χ4v) is 6.43. The molecule has 0 bridgehead atoms. The second kappa shape index (κ2) is 9.17. The van der Waals surface area contributed by atoms with Crippen LogP contribution >= 0.6 is 11.6 Å². The molecule has 1 heteroatoms. The quantitative estimate of drug-likeness (QED) is 0.223. The number of benzene rings is 6. The van der Waals surface area contributed by atoms with E-state index in [0.717, 1.165) is 16.1 Å². The van der Waals surface area contributed by atoms with Gasteiger partial charge in [0.2, 0.25) is 0 Å². The van der Waals surface area contributed by atoms with Gasteiger partial charge in [-0.1, -0.05) is 151 Å². The number of fused-ring (bicyclic) bond motifs is 3. The van der Waals surface area contributed by atoms with Gasteiger partial charge in [0.05, 0.1) is 5.41 Å². The minimum absolute atomic E-state index is 0.369. The first-order valence-electron chi connectivity index (χ1n) is 13.0. The lowest BCUT2D eigenvalue weighted by molar-refractivity contribution is 0.768. The van der Waals surface area contributed by atoms with Crippen molar-refractivity contribution < 1.29 is 0 Å². The molecule has 0 heterocycles. The summed E-state index contributed by atoms with van der Waals surface area (Å²) in [4.78, 5) is 0. The van der Waals surface area contributed by atoms with Crippen molar-refractivity contribution in [3.63, 3.8) is 0 Å². The van der Waals surface area contributed by atoms with Gasteiger partial charge in [0.15, 0.2) is 0 Å². The van der Waals surface area contributed by atoms with Crippen molar-refractivity contribution in [1.29, 1.82) is 0 Å². The first-order chi connectivity index (χ1) is 18.8. The topological polar surface area (TPSA) is 0 Å². The number of rotatable bonds is 4. The van der Waals surface area contributed by atoms with Crippen LogP contribution < -0.4 is 0 Å². The Bertz CT molecular complexity index is 1720. The summed E-state index contributed by atoms with van der Waals surface area (Å²) in [6, 6.07) is 54.4. The van der Waals surface area contributed by atoms with Gasteiger partial charge in [0.1, 0.15) is 0 Å². The Morgan fingerprint density at radius 2 is 0.895 bits per heavy atom. The predicted molar refractivity (Wildman–Crippen MR) is 160 cm³/mol. The average Bonchev–Trinajstić information content (AvgIpc) is 3.29. The molecule has 1 aliphatic carbocycles. The van der Waals surface area contributed by atoms with Gasteiger partial charge in [-0.15, -0.1) is 0 Å². The summed E-state index contributed by atoms with van der Waals surface area (Å²) >= 11 is 6.51. The van der Waals surface area contributed by atoms with Crippen LogP contribution in [0.25, 0.3) is 33.4 Å². The monoisotopic (exact) mass is 504 g/mol. The first-order valence-corrected chi connectivity index (χ1v) is 13.4. The first kappa shape index (κ1) is 22.8. The molecule has 0 fully saturated rings. The van der Waals surface area contributed by atoms with Crippen LogP contribution in [0.5, 0.6) is 0 Å². The maximum atomic E-state index is 6.51. The minimum Gasteiger partial charge on any atom is -0.0837 e. The Morgan fingerprint density at radius 1 is 0.368 bits per heavy atom. The Balaban J connectivity index is 1.40. The van der Waals surface area contributed by atoms with E-state index in [0.29, 0.717) is 0 Å². The van der Waals surface area contributed by atoms with E-state index in [9.17, 15) is 0 Å². The zero-order valence-electron chi connectivity index (χ0n) is 20.8. The van der Waals surface area contributed by atoms with Crippen LogP contribution in [0.3, 0.4) is 0 Å². The highest BCUT2D eigenvalue weighted by atomic mass is 35.5. The molecule has 7 rings (SSSR count). The third-order valence-electron chi connectivity index (χ3n) is 7.86. The van der Waals surface area contributed by atoms with Crippen LogP contribution in [-0.4, -0.2) is 0 Å². The summed E-state index contributed by atoms with van der Waals surface area (Å²) in [5, 5.41) is 0.767. The Labute approximate surface area is 228 Å². The van der Waals surface area contributed by atoms with E-state index < -0.39 is 0 Å². The lowest BCUT2D eigenvalue weighted by atomic mass is 9.67. The third-order valence-corrected chi connectivity index (χ3v) is 8.19. The highest BCUT2D eigenvalue weighted by Gasteiger charge is 2.45. The van der Waals surface area contributed by atoms with Crippen LogP contribution in [0.4, 0.5) is 0 Å². The van der Waals surface area contributed by atoms with E-state index in [2.05, 4.69) is 133 Å². The van der Waals surface area contributed by atoms with Crippen molar-refractivity contribution >= 4 is 11.6 Å². The second-order valence-corrected chi connectivity index (χ2v) is 10.3. The van der Waals surface area contributed by atoms with E-state index in [1.54, 1.807) is 0 Å². The summed E-state index contributed by atoms with van der Waals surface area (Å²) in [5.41, 5.74) is 12.0. The standard InChI is InChI=1S/C37H25Cl/c38-36-20-9-6-15-31(36)28-12-10-11-27(25-28)26-21-23-30(24-22-26)37(29-13-2-1-3-14-29)34-18-7-4-16-32(34)33-17-5-8-19-35(33)37/h1-25H. The molecule has 0 spiro atoms. The number of hydrogen-bond acceptors (Lipinski definition) is 0. The molecule has 0 nitrogen and oxygen atoms in total. The van der Waals surface area contributed by atoms with Gasteiger partial charge < -0.3 is 0 Å². The van der Waals surface area contributed by atoms with Gasteiger partial charge in [0, 0.05) is 10.6 Å². The van der Waals surface area contributed by atoms with Gasteiger partial charge in [-0.25, -0.2) is 0 Å². The molecule has 6 aromatic rings. The summed E-state index contributed by atoms with van der Waals surface area (Å²) < 4.78 is 0. The molecule has 0 radical (unpaired) electrons. The van der Waals surface area contributed by atoms with E-state index in [1.165, 1.54) is 44.5 Å². The van der Waals surface area contributed by atoms with Gasteiger partial charge >= 0.3 is 0 Å². The van der Waals surface area contributed by atoms with Gasteiger partial charge in [-0.05, 0) is 62.2 Å². The number of hydrogen-bond donors (Lipinski definition) is 0. The molecular weight excluding hydrogens is 480 g/mol. The Morgan fingerprint density at radius 3 is 1.55 bits per heavy atom. The lowest BCUT2D eigenvalue weighted by Crippen LogP contribution is -2.28. The largest absolute Gasteiger partial charge is 0.0837 e. The van der Waals surface area contributed by atoms with Crippen LogP contribution in [-0.2, 0) is 5.41 Å². The van der Waals surface area contributed by atoms with Crippen LogP contribution in [0, 0.1) is 0 Å². The molecule has 0 aliphatic heterocycles. The molecule has 180 valence electrons. The van der Waals surface area contributed by atoms with E-state index in [-0.39, 0.29) is 5.41 Å². The third kappa shape index (κ3) is 3.45. The molecule has 0 saturated carbocycles. The Kier molecular flexibility index (Phi) is 5.50. The van der Waals surface area contributed by atoms with Gasteiger partial charge in [-0.3, -0.25) is 0 Å². The number of halogens is 1. The molecule has 0 amide bonds. The van der Waals surface area contributed by atoms with Crippen molar-refractivity contribution in [2.75, 3.05) is 0 Å². The summed E-state index contributed by atoms with van der Waals surface area (Å²) in [6.45, 7) is 0. The molecular formula is C37H25Cl. The molecule has 0 aromatic heterocycles. The van der Waals surface area contributed by atoms with Crippen molar-refractivity contribution in [3.05, 3.63) is 179 Å². The van der Waals surface area contributed by atoms with E-state index in [4.69, 9.17) is 11.6 Å². The van der Waals surface area contributed by atoms with E-state index >= 15 is 0 Å². The van der Waals surface area contributed by atoms with Crippen molar-refractivity contribution in [3.8, 4) is 33.4 Å². The van der Waals surface area contributed by atoms with Crippen molar-refractivity contribution in [2.24, 2.45) is 0 Å². The zero-order chi connectivity index (χ0) is 25.5. The minimum atomic E-state index is -0.369. The normalized spacial score (nSPS) is 13.1. The molecule has 1 aliphatic rings. The maximum Gasteiger partial charge on any atom is 0.0713 e. The molecule has 0 atom stereocenters. The van der Waals surface area contributed by atoms with E-state index in [1.807, 2.05) is 18.2 Å². The van der Waals surface area contributed by atoms with Gasteiger partial charge in [-0.2, -0.15) is 0 Å². The molecule has 0 unspecified atom stereocenters. The maximum absolute atomic E-state index is 6.51. The Hall–Kier alpha value is -4.39. The van der Waals surface area contributed by atoms with Crippen LogP contribution in [0.15, 0.2) is 152 Å². The fraction of sp³-hybridized carbons (Fsp3) is 0.0270. The highest BCUT2D eigenvalue weighted by Crippen LogP contribution is 2.56. The average molecular weight is 505 g/mol. The SMILES string of the molecule is Clc1ccccc1-c1cccc(-c2ccc(C3(c4ccccc4)c4ccccc4-c4ccccc43)cc2)c1.